The van der Waals surface area contributed by atoms with Gasteiger partial charge in [-0.1, -0.05) is 73.5 Å². The maximum atomic E-state index is 6.34. The van der Waals surface area contributed by atoms with E-state index in [1.54, 1.807) is 11.8 Å². The first kappa shape index (κ1) is 22.7. The highest BCUT2D eigenvalue weighted by Crippen LogP contribution is 2.40. The van der Waals surface area contributed by atoms with E-state index in [9.17, 15) is 0 Å². The normalized spacial score (nSPS) is 14.5. The minimum Gasteiger partial charge on any atom is -0.455 e. The molecule has 2 aromatic carbocycles. The van der Waals surface area contributed by atoms with E-state index in [0.29, 0.717) is 27.5 Å². The van der Waals surface area contributed by atoms with Gasteiger partial charge in [0.25, 0.3) is 0 Å². The van der Waals surface area contributed by atoms with Crippen LogP contribution in [0.25, 0.3) is 22.6 Å². The average molecular weight is 493 g/mol. The van der Waals surface area contributed by atoms with Crippen molar-refractivity contribution in [2.75, 3.05) is 11.1 Å². The van der Waals surface area contributed by atoms with E-state index < -0.39 is 6.23 Å². The van der Waals surface area contributed by atoms with E-state index in [-0.39, 0.29) is 0 Å². The summed E-state index contributed by atoms with van der Waals surface area (Å²) in [6, 6.07) is 17.5. The first-order valence-corrected chi connectivity index (χ1v) is 12.8. The number of nitrogens with zero attached hydrogens (tertiary/aromatic N) is 3. The summed E-state index contributed by atoms with van der Waals surface area (Å²) in [4.78, 5) is 4.70. The van der Waals surface area contributed by atoms with Crippen LogP contribution in [-0.2, 0) is 0 Å². The van der Waals surface area contributed by atoms with Crippen LogP contribution in [0.1, 0.15) is 43.7 Å². The van der Waals surface area contributed by atoms with Crippen molar-refractivity contribution < 1.29 is 9.15 Å². The first-order chi connectivity index (χ1) is 16.6. The lowest BCUT2D eigenvalue weighted by molar-refractivity contribution is 0.196. The maximum absolute atomic E-state index is 6.34. The summed E-state index contributed by atoms with van der Waals surface area (Å²) < 4.78 is 12.6. The van der Waals surface area contributed by atoms with E-state index in [1.807, 2.05) is 61.5 Å². The molecule has 5 rings (SSSR count). The van der Waals surface area contributed by atoms with Gasteiger partial charge in [0, 0.05) is 27.6 Å². The molecule has 0 bridgehead atoms. The van der Waals surface area contributed by atoms with Gasteiger partial charge < -0.3 is 14.5 Å². The van der Waals surface area contributed by atoms with Crippen LogP contribution in [0, 0.1) is 6.92 Å². The summed E-state index contributed by atoms with van der Waals surface area (Å²) in [5, 5.41) is 13.6. The molecule has 34 heavy (non-hydrogen) atoms. The fourth-order valence-corrected chi connectivity index (χ4v) is 4.82. The Kier molecular flexibility index (Phi) is 6.74. The number of aromatic nitrogens is 3. The Bertz CT molecular complexity index is 1310. The van der Waals surface area contributed by atoms with E-state index in [4.69, 9.17) is 25.7 Å². The molecule has 4 aromatic rings. The Morgan fingerprint density at radius 1 is 1.00 bits per heavy atom. The van der Waals surface area contributed by atoms with Gasteiger partial charge in [-0.25, -0.2) is 0 Å². The van der Waals surface area contributed by atoms with Crippen LogP contribution >= 0.6 is 23.4 Å². The predicted octanol–water partition coefficient (Wildman–Crippen LogP) is 7.55. The molecule has 0 saturated carbocycles. The number of hydrogen-bond donors (Lipinski definition) is 1. The number of benzene rings is 2. The van der Waals surface area contributed by atoms with Gasteiger partial charge in [-0.05, 0) is 43.2 Å². The van der Waals surface area contributed by atoms with Gasteiger partial charge in [0.05, 0.1) is 0 Å². The Balaban J connectivity index is 1.48. The molecule has 174 valence electrons. The zero-order valence-electron chi connectivity index (χ0n) is 19.0. The number of furan rings is 1. The molecule has 0 amide bonds. The summed E-state index contributed by atoms with van der Waals surface area (Å²) >= 11 is 7.92. The van der Waals surface area contributed by atoms with Crippen molar-refractivity contribution in [3.8, 4) is 28.5 Å². The van der Waals surface area contributed by atoms with Gasteiger partial charge in [-0.2, -0.15) is 4.98 Å². The second kappa shape index (κ2) is 10.1. The third-order valence-electron chi connectivity index (χ3n) is 5.73. The number of anilines is 1. The number of halogens is 1. The molecule has 1 aliphatic rings. The molecular weight excluding hydrogens is 468 g/mol. The van der Waals surface area contributed by atoms with Crippen LogP contribution in [0.3, 0.4) is 0 Å². The molecule has 0 unspecified atom stereocenters. The number of para-hydroxylation sites is 1. The minimum absolute atomic E-state index is 0.437. The zero-order chi connectivity index (χ0) is 23.5. The number of ether oxygens (including phenoxy) is 1. The largest absolute Gasteiger partial charge is 0.455 e. The summed E-state index contributed by atoms with van der Waals surface area (Å²) in [6.45, 7) is 4.17. The molecule has 8 heteroatoms. The SMILES string of the molecule is CCCCCSc1nnc2c(n1)O[C@@H](c1ccc(-c3cccc(Cl)c3C)o1)Nc1ccccc1-2. The van der Waals surface area contributed by atoms with E-state index >= 15 is 0 Å². The van der Waals surface area contributed by atoms with Crippen LogP contribution in [-0.4, -0.2) is 20.9 Å². The Morgan fingerprint density at radius 3 is 2.74 bits per heavy atom. The monoisotopic (exact) mass is 492 g/mol. The highest BCUT2D eigenvalue weighted by atomic mass is 35.5. The highest BCUT2D eigenvalue weighted by molar-refractivity contribution is 7.99. The topological polar surface area (TPSA) is 73.1 Å². The molecule has 0 radical (unpaired) electrons. The Labute approximate surface area is 208 Å². The van der Waals surface area contributed by atoms with E-state index in [0.717, 1.165) is 40.3 Å². The van der Waals surface area contributed by atoms with Crippen molar-refractivity contribution in [3.63, 3.8) is 0 Å². The lowest BCUT2D eigenvalue weighted by Crippen LogP contribution is -2.16. The molecule has 1 N–H and O–H groups in total. The van der Waals surface area contributed by atoms with Gasteiger partial charge in [0.2, 0.25) is 17.3 Å². The molecule has 1 aliphatic heterocycles. The van der Waals surface area contributed by atoms with Crippen molar-refractivity contribution in [3.05, 3.63) is 70.9 Å². The van der Waals surface area contributed by atoms with Crippen LogP contribution in [0.5, 0.6) is 5.88 Å². The van der Waals surface area contributed by atoms with Crippen LogP contribution in [0.2, 0.25) is 5.02 Å². The minimum atomic E-state index is -0.578. The third-order valence-corrected chi connectivity index (χ3v) is 7.06. The second-order valence-corrected chi connectivity index (χ2v) is 9.58. The lowest BCUT2D eigenvalue weighted by Gasteiger charge is -2.17. The van der Waals surface area contributed by atoms with Crippen LogP contribution in [0.15, 0.2) is 64.2 Å². The quantitative estimate of drug-likeness (QED) is 0.211. The predicted molar refractivity (Wildman–Crippen MR) is 136 cm³/mol. The molecule has 2 aromatic heterocycles. The molecule has 0 spiro atoms. The summed E-state index contributed by atoms with van der Waals surface area (Å²) in [6.07, 6.45) is 2.91. The Hall–Kier alpha value is -3.03. The van der Waals surface area contributed by atoms with Crippen LogP contribution < -0.4 is 10.1 Å². The van der Waals surface area contributed by atoms with E-state index in [1.165, 1.54) is 12.8 Å². The van der Waals surface area contributed by atoms with Gasteiger partial charge in [-0.15, -0.1) is 10.2 Å². The van der Waals surface area contributed by atoms with Gasteiger partial charge in [-0.3, -0.25) is 0 Å². The van der Waals surface area contributed by atoms with E-state index in [2.05, 4.69) is 22.4 Å². The third kappa shape index (κ3) is 4.63. The second-order valence-electron chi connectivity index (χ2n) is 8.11. The number of unbranched alkanes of at least 4 members (excludes halogenated alkanes) is 2. The van der Waals surface area contributed by atoms with Gasteiger partial charge in [0.15, 0.2) is 11.5 Å². The van der Waals surface area contributed by atoms with Gasteiger partial charge >= 0.3 is 0 Å². The molecule has 0 saturated heterocycles. The van der Waals surface area contributed by atoms with Crippen molar-refractivity contribution in [2.45, 2.75) is 44.5 Å². The number of hydrogen-bond acceptors (Lipinski definition) is 7. The lowest BCUT2D eigenvalue weighted by atomic mass is 10.1. The maximum Gasteiger partial charge on any atom is 0.247 e. The van der Waals surface area contributed by atoms with Crippen molar-refractivity contribution in [1.82, 2.24) is 15.2 Å². The fourth-order valence-electron chi connectivity index (χ4n) is 3.87. The molecule has 1 atom stereocenters. The number of nitrogens with one attached hydrogen (secondary N) is 1. The standard InChI is InChI=1S/C26H25ClN4O2S/c1-3-4-7-15-34-26-29-25-23(30-31-26)18-9-5-6-12-20(18)28-24(33-25)22-14-13-21(32-22)17-10-8-11-19(27)16(17)2/h5-6,8-14,24,28H,3-4,7,15H2,1-2H3/t24-/m0/s1. The zero-order valence-corrected chi connectivity index (χ0v) is 20.6. The van der Waals surface area contributed by atoms with Gasteiger partial charge in [0.1, 0.15) is 5.76 Å². The number of thioether (sulfide) groups is 1. The number of fused-ring (bicyclic) bond motifs is 3. The summed E-state index contributed by atoms with van der Waals surface area (Å²) in [7, 11) is 0. The summed E-state index contributed by atoms with van der Waals surface area (Å²) in [5.41, 5.74) is 4.30. The van der Waals surface area contributed by atoms with Crippen molar-refractivity contribution in [2.24, 2.45) is 0 Å². The average Bonchev–Trinajstić information content (AvgIpc) is 3.27. The van der Waals surface area contributed by atoms with Crippen molar-refractivity contribution >= 4 is 29.1 Å². The Morgan fingerprint density at radius 2 is 1.85 bits per heavy atom. The number of rotatable bonds is 7. The highest BCUT2D eigenvalue weighted by Gasteiger charge is 2.28. The summed E-state index contributed by atoms with van der Waals surface area (Å²) in [5.74, 6) is 2.75. The molecule has 3 heterocycles. The van der Waals surface area contributed by atoms with Crippen LogP contribution in [0.4, 0.5) is 5.69 Å². The fraction of sp³-hybridized carbons (Fsp3) is 0.269. The molecule has 0 aliphatic carbocycles. The first-order valence-electron chi connectivity index (χ1n) is 11.4. The molecule has 6 nitrogen and oxygen atoms in total. The van der Waals surface area contributed by atoms with Crippen molar-refractivity contribution in [1.29, 1.82) is 0 Å². The molecule has 0 fully saturated rings. The molecular formula is C26H25ClN4O2S. The smallest absolute Gasteiger partial charge is 0.247 e.